The molecule has 1 aromatic rings. The number of amides is 1. The smallest absolute Gasteiger partial charge is 0.238 e. The first-order valence-corrected chi connectivity index (χ1v) is 6.15. The van der Waals surface area contributed by atoms with E-state index in [0.29, 0.717) is 5.92 Å². The molecule has 0 fully saturated rings. The van der Waals surface area contributed by atoms with Crippen LogP contribution in [0.4, 0.5) is 5.69 Å². The zero-order valence-corrected chi connectivity index (χ0v) is 10.4. The summed E-state index contributed by atoms with van der Waals surface area (Å²) in [5.74, 6) is 1.18. The summed E-state index contributed by atoms with van der Waals surface area (Å²) in [6.45, 7) is 4.12. The van der Waals surface area contributed by atoms with E-state index >= 15 is 0 Å². The molecule has 0 saturated carbocycles. The SMILES string of the molecule is COc1ccc2c(c1)NC(=O)C(C(C)C)S2. The molecule has 1 atom stereocenters. The first kappa shape index (κ1) is 11.3. The average Bonchev–Trinajstić information content (AvgIpc) is 2.27. The second kappa shape index (κ2) is 4.37. The Balaban J connectivity index is 2.31. The lowest BCUT2D eigenvalue weighted by Gasteiger charge is -2.26. The van der Waals surface area contributed by atoms with E-state index in [1.807, 2.05) is 18.2 Å². The highest BCUT2D eigenvalue weighted by atomic mass is 32.2. The lowest BCUT2D eigenvalue weighted by atomic mass is 10.1. The molecule has 1 amide bonds. The molecule has 86 valence electrons. The molecule has 0 saturated heterocycles. The highest BCUT2D eigenvalue weighted by molar-refractivity contribution is 8.01. The number of carbonyl (C=O) groups excluding carboxylic acids is 1. The summed E-state index contributed by atoms with van der Waals surface area (Å²) in [7, 11) is 1.62. The van der Waals surface area contributed by atoms with Gasteiger partial charge < -0.3 is 10.1 Å². The number of fused-ring (bicyclic) bond motifs is 1. The van der Waals surface area contributed by atoms with Gasteiger partial charge in [-0.1, -0.05) is 13.8 Å². The summed E-state index contributed by atoms with van der Waals surface area (Å²) in [6, 6.07) is 5.77. The van der Waals surface area contributed by atoms with Gasteiger partial charge in [0.15, 0.2) is 0 Å². The lowest BCUT2D eigenvalue weighted by molar-refractivity contribution is -0.116. The van der Waals surface area contributed by atoms with Crippen LogP contribution in [-0.4, -0.2) is 18.3 Å². The molecule has 0 aliphatic carbocycles. The van der Waals surface area contributed by atoms with Crippen LogP contribution in [0, 0.1) is 5.92 Å². The molecule has 4 heteroatoms. The second-order valence-electron chi connectivity index (χ2n) is 4.13. The number of hydrogen-bond acceptors (Lipinski definition) is 3. The van der Waals surface area contributed by atoms with Crippen molar-refractivity contribution in [2.75, 3.05) is 12.4 Å². The molecule has 2 rings (SSSR count). The number of thioether (sulfide) groups is 1. The van der Waals surface area contributed by atoms with Crippen LogP contribution in [0.15, 0.2) is 23.1 Å². The van der Waals surface area contributed by atoms with E-state index in [9.17, 15) is 4.79 Å². The Morgan fingerprint density at radius 1 is 1.44 bits per heavy atom. The van der Waals surface area contributed by atoms with E-state index in [0.717, 1.165) is 16.3 Å². The number of anilines is 1. The number of hydrogen-bond donors (Lipinski definition) is 1. The van der Waals surface area contributed by atoms with Gasteiger partial charge in [-0.15, -0.1) is 11.8 Å². The zero-order chi connectivity index (χ0) is 11.7. The van der Waals surface area contributed by atoms with Crippen LogP contribution in [0.3, 0.4) is 0 Å². The predicted octanol–water partition coefficient (Wildman–Crippen LogP) is 2.76. The van der Waals surface area contributed by atoms with Crippen LogP contribution in [0.1, 0.15) is 13.8 Å². The Morgan fingerprint density at radius 2 is 2.19 bits per heavy atom. The minimum atomic E-state index is 0.000829. The van der Waals surface area contributed by atoms with Crippen molar-refractivity contribution in [3.05, 3.63) is 18.2 Å². The molecule has 0 radical (unpaired) electrons. The molecule has 3 nitrogen and oxygen atoms in total. The summed E-state index contributed by atoms with van der Waals surface area (Å²) in [5.41, 5.74) is 0.853. The predicted molar refractivity (Wildman–Crippen MR) is 66.1 cm³/mol. The Hall–Kier alpha value is -1.16. The maximum atomic E-state index is 11.8. The highest BCUT2D eigenvalue weighted by Crippen LogP contribution is 2.39. The van der Waals surface area contributed by atoms with Crippen molar-refractivity contribution in [1.82, 2.24) is 0 Å². The largest absolute Gasteiger partial charge is 0.497 e. The van der Waals surface area contributed by atoms with Gasteiger partial charge in [0.25, 0.3) is 0 Å². The number of rotatable bonds is 2. The Kier molecular flexibility index (Phi) is 3.10. The molecule has 16 heavy (non-hydrogen) atoms. The quantitative estimate of drug-likeness (QED) is 0.859. The number of methoxy groups -OCH3 is 1. The van der Waals surface area contributed by atoms with Crippen molar-refractivity contribution in [2.24, 2.45) is 5.92 Å². The molecular weight excluding hydrogens is 222 g/mol. The molecule has 0 aromatic heterocycles. The Labute approximate surface area is 99.6 Å². The van der Waals surface area contributed by atoms with E-state index in [2.05, 4.69) is 19.2 Å². The second-order valence-corrected chi connectivity index (χ2v) is 5.32. The Morgan fingerprint density at radius 3 is 2.81 bits per heavy atom. The topological polar surface area (TPSA) is 38.3 Å². The van der Waals surface area contributed by atoms with Gasteiger partial charge in [0, 0.05) is 11.0 Å². The molecule has 1 aliphatic rings. The van der Waals surface area contributed by atoms with Gasteiger partial charge in [-0.2, -0.15) is 0 Å². The molecule has 1 N–H and O–H groups in total. The van der Waals surface area contributed by atoms with Crippen molar-refractivity contribution in [1.29, 1.82) is 0 Å². The summed E-state index contributed by atoms with van der Waals surface area (Å²) in [6.07, 6.45) is 0. The third-order valence-electron chi connectivity index (χ3n) is 2.56. The number of nitrogens with one attached hydrogen (secondary N) is 1. The number of carbonyl (C=O) groups is 1. The first-order chi connectivity index (χ1) is 7.61. The monoisotopic (exact) mass is 237 g/mol. The number of benzene rings is 1. The zero-order valence-electron chi connectivity index (χ0n) is 9.61. The van der Waals surface area contributed by atoms with E-state index in [1.54, 1.807) is 18.9 Å². The fraction of sp³-hybridized carbons (Fsp3) is 0.417. The van der Waals surface area contributed by atoms with E-state index in [-0.39, 0.29) is 11.2 Å². The van der Waals surface area contributed by atoms with Gasteiger partial charge in [0.05, 0.1) is 18.0 Å². The van der Waals surface area contributed by atoms with Crippen molar-refractivity contribution < 1.29 is 9.53 Å². The normalized spacial score (nSPS) is 19.2. The molecule has 1 aromatic carbocycles. The fourth-order valence-corrected chi connectivity index (χ4v) is 2.76. The molecule has 0 bridgehead atoms. The fourth-order valence-electron chi connectivity index (χ4n) is 1.67. The van der Waals surface area contributed by atoms with Gasteiger partial charge in [0.1, 0.15) is 5.75 Å². The van der Waals surface area contributed by atoms with Gasteiger partial charge in [-0.05, 0) is 18.1 Å². The molecule has 0 spiro atoms. The third-order valence-corrected chi connectivity index (χ3v) is 4.18. The van der Waals surface area contributed by atoms with Crippen LogP contribution in [0.2, 0.25) is 0 Å². The third kappa shape index (κ3) is 2.02. The molecule has 1 heterocycles. The summed E-state index contributed by atoms with van der Waals surface area (Å²) >= 11 is 1.62. The van der Waals surface area contributed by atoms with Crippen LogP contribution in [-0.2, 0) is 4.79 Å². The minimum Gasteiger partial charge on any atom is -0.497 e. The van der Waals surface area contributed by atoms with Crippen LogP contribution in [0.25, 0.3) is 0 Å². The van der Waals surface area contributed by atoms with Crippen molar-refractivity contribution in [2.45, 2.75) is 24.0 Å². The van der Waals surface area contributed by atoms with Crippen molar-refractivity contribution in [3.8, 4) is 5.75 Å². The number of ether oxygens (including phenoxy) is 1. The maximum Gasteiger partial charge on any atom is 0.238 e. The van der Waals surface area contributed by atoms with Gasteiger partial charge in [0.2, 0.25) is 5.91 Å². The molecule has 1 unspecified atom stereocenters. The van der Waals surface area contributed by atoms with E-state index in [1.165, 1.54) is 0 Å². The standard InChI is InChI=1S/C12H15NO2S/c1-7(2)11-12(14)13-9-6-8(15-3)4-5-10(9)16-11/h4-7,11H,1-3H3,(H,13,14). The molecular formula is C12H15NO2S. The van der Waals surface area contributed by atoms with E-state index < -0.39 is 0 Å². The average molecular weight is 237 g/mol. The Bertz CT molecular complexity index is 417. The summed E-state index contributed by atoms with van der Waals surface area (Å²) in [5, 5.41) is 2.93. The van der Waals surface area contributed by atoms with Crippen LogP contribution in [0.5, 0.6) is 5.75 Å². The first-order valence-electron chi connectivity index (χ1n) is 5.27. The van der Waals surface area contributed by atoms with Crippen molar-refractivity contribution in [3.63, 3.8) is 0 Å². The van der Waals surface area contributed by atoms with Gasteiger partial charge in [-0.25, -0.2) is 0 Å². The van der Waals surface area contributed by atoms with Crippen LogP contribution >= 0.6 is 11.8 Å². The van der Waals surface area contributed by atoms with Gasteiger partial charge in [-0.3, -0.25) is 4.79 Å². The summed E-state index contributed by atoms with van der Waals surface area (Å²) in [4.78, 5) is 12.9. The minimum absolute atomic E-state index is 0.000829. The van der Waals surface area contributed by atoms with Gasteiger partial charge >= 0.3 is 0 Å². The van der Waals surface area contributed by atoms with E-state index in [4.69, 9.17) is 4.74 Å². The summed E-state index contributed by atoms with van der Waals surface area (Å²) < 4.78 is 5.13. The maximum absolute atomic E-state index is 11.8. The molecule has 1 aliphatic heterocycles. The highest BCUT2D eigenvalue weighted by Gasteiger charge is 2.29. The van der Waals surface area contributed by atoms with Crippen molar-refractivity contribution >= 4 is 23.4 Å². The lowest BCUT2D eigenvalue weighted by Crippen LogP contribution is -2.32. The van der Waals surface area contributed by atoms with Crippen LogP contribution < -0.4 is 10.1 Å².